The summed E-state index contributed by atoms with van der Waals surface area (Å²) >= 11 is 6.30. The van der Waals surface area contributed by atoms with Gasteiger partial charge in [0.2, 0.25) is 0 Å². The fraction of sp³-hybridized carbons (Fsp3) is 0.625. The molecule has 0 unspecified atom stereocenters. The summed E-state index contributed by atoms with van der Waals surface area (Å²) < 4.78 is 38.2. The molecule has 0 spiro atoms. The zero-order valence-electron chi connectivity index (χ0n) is 12.3. The number of benzene rings is 1. The molecule has 1 aliphatic carbocycles. The van der Waals surface area contributed by atoms with Crippen LogP contribution in [0.3, 0.4) is 0 Å². The minimum atomic E-state index is -4.04. The van der Waals surface area contributed by atoms with Crippen LogP contribution in [0.1, 0.15) is 31.2 Å². The van der Waals surface area contributed by atoms with E-state index in [-0.39, 0.29) is 12.8 Å². The summed E-state index contributed by atoms with van der Waals surface area (Å²) in [4.78, 5) is 2.22. The Morgan fingerprint density at radius 3 is 2.50 bits per heavy atom. The van der Waals surface area contributed by atoms with Crippen LogP contribution >= 0.6 is 11.6 Å². The lowest BCUT2D eigenvalue weighted by molar-refractivity contribution is -0.183. The van der Waals surface area contributed by atoms with E-state index in [9.17, 15) is 13.2 Å². The summed E-state index contributed by atoms with van der Waals surface area (Å²) in [6, 6.07) is 3.70. The summed E-state index contributed by atoms with van der Waals surface area (Å²) in [5.41, 5.74) is 8.64. The number of hydrogen-bond acceptors (Lipinski definition) is 2. The molecule has 2 aliphatic rings. The van der Waals surface area contributed by atoms with Crippen LogP contribution in [0.5, 0.6) is 0 Å². The number of nitrogen functional groups attached to an aromatic ring is 1. The predicted octanol–water partition coefficient (Wildman–Crippen LogP) is 4.65. The monoisotopic (exact) mass is 332 g/mol. The van der Waals surface area contributed by atoms with Crippen molar-refractivity contribution in [3.63, 3.8) is 0 Å². The van der Waals surface area contributed by atoms with E-state index in [1.807, 2.05) is 6.07 Å². The van der Waals surface area contributed by atoms with Crippen LogP contribution in [0.25, 0.3) is 0 Å². The first-order valence-electron chi connectivity index (χ1n) is 7.74. The molecule has 1 aromatic carbocycles. The van der Waals surface area contributed by atoms with E-state index in [0.717, 1.165) is 30.8 Å². The number of alkyl halides is 3. The number of rotatable bonds is 2. The van der Waals surface area contributed by atoms with Crippen LogP contribution in [0.4, 0.5) is 24.5 Å². The molecule has 0 atom stereocenters. The molecule has 2 N–H and O–H groups in total. The van der Waals surface area contributed by atoms with E-state index in [0.29, 0.717) is 29.5 Å². The highest BCUT2D eigenvalue weighted by molar-refractivity contribution is 6.33. The molecule has 6 heteroatoms. The highest BCUT2D eigenvalue weighted by Crippen LogP contribution is 2.42. The SMILES string of the molecule is Nc1cc(Cl)c2c(c1)CCN2CC1CCC(C(F)(F)F)CC1. The van der Waals surface area contributed by atoms with Gasteiger partial charge in [-0.25, -0.2) is 0 Å². The number of nitrogens with two attached hydrogens (primary N) is 1. The van der Waals surface area contributed by atoms with Gasteiger partial charge in [0.25, 0.3) is 0 Å². The van der Waals surface area contributed by atoms with Gasteiger partial charge >= 0.3 is 6.18 Å². The maximum absolute atomic E-state index is 12.7. The molecule has 0 radical (unpaired) electrons. The third kappa shape index (κ3) is 3.14. The summed E-state index contributed by atoms with van der Waals surface area (Å²) in [5.74, 6) is -0.795. The van der Waals surface area contributed by atoms with Crippen molar-refractivity contribution in [1.29, 1.82) is 0 Å². The number of hydrogen-bond donors (Lipinski definition) is 1. The van der Waals surface area contributed by atoms with Crippen molar-refractivity contribution in [2.45, 2.75) is 38.3 Å². The summed E-state index contributed by atoms with van der Waals surface area (Å²) in [7, 11) is 0. The van der Waals surface area contributed by atoms with Gasteiger partial charge in [-0.2, -0.15) is 13.2 Å². The van der Waals surface area contributed by atoms with Gasteiger partial charge < -0.3 is 10.6 Å². The minimum absolute atomic E-state index is 0.254. The first-order valence-corrected chi connectivity index (χ1v) is 8.12. The van der Waals surface area contributed by atoms with Gasteiger partial charge in [0.05, 0.1) is 16.6 Å². The molecular weight excluding hydrogens is 313 g/mol. The molecule has 3 rings (SSSR count). The fourth-order valence-electron chi connectivity index (χ4n) is 3.76. The van der Waals surface area contributed by atoms with E-state index in [2.05, 4.69) is 4.90 Å². The largest absolute Gasteiger partial charge is 0.399 e. The standard InChI is InChI=1S/C16H20ClF3N2/c17-14-8-13(21)7-11-5-6-22(15(11)14)9-10-1-3-12(4-2-10)16(18,19)20/h7-8,10,12H,1-6,9,21H2. The van der Waals surface area contributed by atoms with Crippen LogP contribution in [-0.2, 0) is 6.42 Å². The van der Waals surface area contributed by atoms with E-state index < -0.39 is 12.1 Å². The van der Waals surface area contributed by atoms with Crippen LogP contribution in [0.2, 0.25) is 5.02 Å². The summed E-state index contributed by atoms with van der Waals surface area (Å²) in [6.07, 6.45) is -1.34. The van der Waals surface area contributed by atoms with Crippen LogP contribution in [-0.4, -0.2) is 19.3 Å². The molecule has 0 amide bonds. The number of nitrogens with zero attached hydrogens (tertiary/aromatic N) is 1. The van der Waals surface area contributed by atoms with Gasteiger partial charge in [0, 0.05) is 18.8 Å². The first-order chi connectivity index (χ1) is 10.3. The molecule has 2 nitrogen and oxygen atoms in total. The van der Waals surface area contributed by atoms with Crippen LogP contribution in [0, 0.1) is 11.8 Å². The van der Waals surface area contributed by atoms with Crippen LogP contribution in [0.15, 0.2) is 12.1 Å². The fourth-order valence-corrected chi connectivity index (χ4v) is 4.12. The third-order valence-electron chi connectivity index (χ3n) is 4.92. The molecule has 0 saturated heterocycles. The zero-order chi connectivity index (χ0) is 15.9. The molecular formula is C16H20ClF3N2. The van der Waals surface area contributed by atoms with E-state index >= 15 is 0 Å². The molecule has 1 aromatic rings. The quantitative estimate of drug-likeness (QED) is 0.798. The van der Waals surface area contributed by atoms with E-state index in [4.69, 9.17) is 17.3 Å². The van der Waals surface area contributed by atoms with Crippen molar-refractivity contribution in [1.82, 2.24) is 0 Å². The van der Waals surface area contributed by atoms with Crippen molar-refractivity contribution in [2.75, 3.05) is 23.7 Å². The Morgan fingerprint density at radius 2 is 1.86 bits per heavy atom. The molecule has 1 heterocycles. The van der Waals surface area contributed by atoms with Crippen molar-refractivity contribution in [3.05, 3.63) is 22.7 Å². The van der Waals surface area contributed by atoms with Crippen molar-refractivity contribution >= 4 is 23.0 Å². The van der Waals surface area contributed by atoms with Crippen molar-refractivity contribution < 1.29 is 13.2 Å². The number of halogens is 4. The van der Waals surface area contributed by atoms with E-state index in [1.54, 1.807) is 6.07 Å². The topological polar surface area (TPSA) is 29.3 Å². The Bertz CT molecular complexity index is 551. The molecule has 122 valence electrons. The molecule has 0 aromatic heterocycles. The van der Waals surface area contributed by atoms with E-state index in [1.165, 1.54) is 0 Å². The minimum Gasteiger partial charge on any atom is -0.399 e. The van der Waals surface area contributed by atoms with Gasteiger partial charge in [-0.3, -0.25) is 0 Å². The smallest absolute Gasteiger partial charge is 0.391 e. The summed E-state index contributed by atoms with van der Waals surface area (Å²) in [5, 5.41) is 0.650. The second kappa shape index (κ2) is 5.84. The van der Waals surface area contributed by atoms with Gasteiger partial charge in [-0.05, 0) is 55.7 Å². The number of anilines is 2. The van der Waals surface area contributed by atoms with Crippen molar-refractivity contribution in [3.8, 4) is 0 Å². The Morgan fingerprint density at radius 1 is 1.18 bits per heavy atom. The Labute approximate surface area is 133 Å². The average Bonchev–Trinajstić information content (AvgIpc) is 2.81. The van der Waals surface area contributed by atoms with Gasteiger partial charge in [-0.1, -0.05) is 11.6 Å². The third-order valence-corrected chi connectivity index (χ3v) is 5.21. The highest BCUT2D eigenvalue weighted by Gasteiger charge is 2.41. The lowest BCUT2D eigenvalue weighted by Gasteiger charge is -2.33. The Hall–Kier alpha value is -1.10. The Balaban J connectivity index is 1.63. The van der Waals surface area contributed by atoms with Crippen molar-refractivity contribution in [2.24, 2.45) is 11.8 Å². The second-order valence-electron chi connectivity index (χ2n) is 6.47. The predicted molar refractivity (Wildman–Crippen MR) is 83.3 cm³/mol. The molecule has 1 fully saturated rings. The second-order valence-corrected chi connectivity index (χ2v) is 6.87. The highest BCUT2D eigenvalue weighted by atomic mass is 35.5. The normalized spacial score (nSPS) is 25.4. The first kappa shape index (κ1) is 15.8. The zero-order valence-corrected chi connectivity index (χ0v) is 13.1. The van der Waals surface area contributed by atoms with Gasteiger partial charge in [-0.15, -0.1) is 0 Å². The molecule has 1 saturated carbocycles. The average molecular weight is 333 g/mol. The maximum atomic E-state index is 12.7. The maximum Gasteiger partial charge on any atom is 0.391 e. The molecule has 1 aliphatic heterocycles. The molecule has 22 heavy (non-hydrogen) atoms. The number of fused-ring (bicyclic) bond motifs is 1. The van der Waals surface area contributed by atoms with Gasteiger partial charge in [0.15, 0.2) is 0 Å². The lowest BCUT2D eigenvalue weighted by atomic mass is 9.81. The van der Waals surface area contributed by atoms with Crippen LogP contribution < -0.4 is 10.6 Å². The Kier molecular flexibility index (Phi) is 4.19. The lowest BCUT2D eigenvalue weighted by Crippen LogP contribution is -2.33. The summed E-state index contributed by atoms with van der Waals surface area (Å²) in [6.45, 7) is 1.67. The molecule has 0 bridgehead atoms. The van der Waals surface area contributed by atoms with Gasteiger partial charge in [0.1, 0.15) is 0 Å².